The monoisotopic (exact) mass is 246 g/mol. The van der Waals surface area contributed by atoms with Crippen LogP contribution in [0.15, 0.2) is 11.1 Å². The molecule has 9 heteroatoms. The molecule has 88 valence electrons. The van der Waals surface area contributed by atoms with Crippen LogP contribution in [0.2, 0.25) is 0 Å². The zero-order valence-electron chi connectivity index (χ0n) is 8.21. The van der Waals surface area contributed by atoms with Crippen LogP contribution >= 0.6 is 0 Å². The average molecular weight is 246 g/mol. The number of carbonyl (C=O) groups is 1. The van der Waals surface area contributed by atoms with E-state index in [2.05, 4.69) is 5.10 Å². The van der Waals surface area contributed by atoms with Crippen molar-refractivity contribution in [3.05, 3.63) is 6.20 Å². The highest BCUT2D eigenvalue weighted by Crippen LogP contribution is 2.26. The standard InChI is InChI=1S/C7H10N4O4S/c8-7(12)10-16(13,14)5-4-9-11-2-1-3-15-6(5)11/h4H,1-3H2,(H3,8,10,12). The summed E-state index contributed by atoms with van der Waals surface area (Å²) in [6, 6.07) is -1.14. The van der Waals surface area contributed by atoms with E-state index in [1.54, 1.807) is 4.72 Å². The van der Waals surface area contributed by atoms with Crippen LogP contribution in [0.1, 0.15) is 6.42 Å². The molecule has 0 radical (unpaired) electrons. The number of nitrogens with two attached hydrogens (primary N) is 1. The summed E-state index contributed by atoms with van der Waals surface area (Å²) < 4.78 is 31.5. The lowest BCUT2D eigenvalue weighted by Crippen LogP contribution is -2.35. The highest BCUT2D eigenvalue weighted by Gasteiger charge is 2.27. The van der Waals surface area contributed by atoms with Crippen molar-refractivity contribution in [2.24, 2.45) is 5.73 Å². The van der Waals surface area contributed by atoms with Crippen LogP contribution < -0.4 is 15.2 Å². The van der Waals surface area contributed by atoms with Crippen LogP contribution in [0.25, 0.3) is 0 Å². The first kappa shape index (κ1) is 10.7. The lowest BCUT2D eigenvalue weighted by atomic mass is 10.4. The molecule has 1 aliphatic heterocycles. The minimum Gasteiger partial charge on any atom is -0.477 e. The van der Waals surface area contributed by atoms with Crippen molar-refractivity contribution in [3.63, 3.8) is 0 Å². The first-order valence-electron chi connectivity index (χ1n) is 4.51. The van der Waals surface area contributed by atoms with Gasteiger partial charge in [-0.25, -0.2) is 22.6 Å². The Hall–Kier alpha value is -1.77. The molecule has 8 nitrogen and oxygen atoms in total. The highest BCUT2D eigenvalue weighted by molar-refractivity contribution is 7.90. The number of carbonyl (C=O) groups excluding carboxylic acids is 1. The van der Waals surface area contributed by atoms with Gasteiger partial charge in [-0.1, -0.05) is 0 Å². The summed E-state index contributed by atoms with van der Waals surface area (Å²) in [5, 5.41) is 3.85. The van der Waals surface area contributed by atoms with Gasteiger partial charge in [-0.3, -0.25) is 0 Å². The van der Waals surface area contributed by atoms with E-state index < -0.39 is 16.1 Å². The summed E-state index contributed by atoms with van der Waals surface area (Å²) >= 11 is 0. The minimum atomic E-state index is -3.99. The second kappa shape index (κ2) is 3.67. The Kier molecular flexibility index (Phi) is 2.46. The maximum absolute atomic E-state index is 11.6. The number of nitrogens with one attached hydrogen (secondary N) is 1. The number of urea groups is 1. The van der Waals surface area contributed by atoms with E-state index >= 15 is 0 Å². The number of fused-ring (bicyclic) bond motifs is 1. The maximum Gasteiger partial charge on any atom is 0.326 e. The SMILES string of the molecule is NC(=O)NS(=O)(=O)c1cnn2c1OCCC2. The number of aromatic nitrogens is 2. The Bertz CT molecular complexity index is 520. The lowest BCUT2D eigenvalue weighted by molar-refractivity contribution is 0.224. The number of hydrogen-bond donors (Lipinski definition) is 2. The van der Waals surface area contributed by atoms with Crippen LogP contribution in [-0.2, 0) is 16.6 Å². The first-order chi connectivity index (χ1) is 7.50. The van der Waals surface area contributed by atoms with Crippen molar-refractivity contribution >= 4 is 16.1 Å². The molecule has 16 heavy (non-hydrogen) atoms. The fourth-order valence-electron chi connectivity index (χ4n) is 1.42. The first-order valence-corrected chi connectivity index (χ1v) is 6.00. The molecule has 1 aromatic rings. The quantitative estimate of drug-likeness (QED) is 0.695. The Morgan fingerprint density at radius 2 is 2.38 bits per heavy atom. The smallest absolute Gasteiger partial charge is 0.326 e. The molecular weight excluding hydrogens is 236 g/mol. The number of rotatable bonds is 2. The predicted octanol–water partition coefficient (Wildman–Crippen LogP) is -0.977. The van der Waals surface area contributed by atoms with Crippen molar-refractivity contribution in [1.29, 1.82) is 0 Å². The number of hydrogen-bond acceptors (Lipinski definition) is 5. The van der Waals surface area contributed by atoms with Crippen LogP contribution in [-0.4, -0.2) is 30.8 Å². The van der Waals surface area contributed by atoms with Gasteiger partial charge in [0.2, 0.25) is 5.88 Å². The van der Waals surface area contributed by atoms with E-state index in [1.807, 2.05) is 0 Å². The third-order valence-corrected chi connectivity index (χ3v) is 3.37. The van der Waals surface area contributed by atoms with E-state index in [1.165, 1.54) is 4.68 Å². The van der Waals surface area contributed by atoms with Gasteiger partial charge in [-0.15, -0.1) is 0 Å². The summed E-state index contributed by atoms with van der Waals surface area (Å²) in [6.07, 6.45) is 1.89. The topological polar surface area (TPSA) is 116 Å². The second-order valence-corrected chi connectivity index (χ2v) is 4.86. The molecule has 0 atom stereocenters. The molecule has 1 aromatic heterocycles. The van der Waals surface area contributed by atoms with E-state index in [-0.39, 0.29) is 10.8 Å². The molecular formula is C7H10N4O4S. The second-order valence-electron chi connectivity index (χ2n) is 3.21. The van der Waals surface area contributed by atoms with Crippen LogP contribution in [0.3, 0.4) is 0 Å². The molecule has 0 aliphatic carbocycles. The van der Waals surface area contributed by atoms with Crippen LogP contribution in [0.4, 0.5) is 4.79 Å². The Balaban J connectivity index is 2.41. The normalized spacial score (nSPS) is 15.0. The number of nitrogens with zero attached hydrogens (tertiary/aromatic N) is 2. The summed E-state index contributed by atoms with van der Waals surface area (Å²) in [6.45, 7) is 1.01. The number of amides is 2. The van der Waals surface area contributed by atoms with Crippen molar-refractivity contribution < 1.29 is 17.9 Å². The Morgan fingerprint density at radius 1 is 1.62 bits per heavy atom. The number of sulfonamides is 1. The van der Waals surface area contributed by atoms with E-state index in [0.29, 0.717) is 13.2 Å². The summed E-state index contributed by atoms with van der Waals surface area (Å²) in [4.78, 5) is 10.4. The fourth-order valence-corrected chi connectivity index (χ4v) is 2.37. The minimum absolute atomic E-state index is 0.139. The van der Waals surface area contributed by atoms with Gasteiger partial charge in [0.05, 0.1) is 12.8 Å². The fraction of sp³-hybridized carbons (Fsp3) is 0.429. The number of aryl methyl sites for hydroxylation is 1. The molecule has 2 heterocycles. The predicted molar refractivity (Wildman–Crippen MR) is 52.2 cm³/mol. The largest absolute Gasteiger partial charge is 0.477 e. The molecule has 0 fully saturated rings. The van der Waals surface area contributed by atoms with Crippen LogP contribution in [0.5, 0.6) is 5.88 Å². The molecule has 2 amide bonds. The molecule has 0 saturated carbocycles. The van der Waals surface area contributed by atoms with Crippen LogP contribution in [0, 0.1) is 0 Å². The third-order valence-electron chi connectivity index (χ3n) is 2.04. The maximum atomic E-state index is 11.6. The Morgan fingerprint density at radius 3 is 3.06 bits per heavy atom. The zero-order valence-corrected chi connectivity index (χ0v) is 9.03. The van der Waals surface area contributed by atoms with Gasteiger partial charge in [-0.05, 0) is 0 Å². The molecule has 2 rings (SSSR count). The van der Waals surface area contributed by atoms with Gasteiger partial charge in [0.1, 0.15) is 0 Å². The Labute approximate surface area is 91.4 Å². The summed E-state index contributed by atoms with van der Waals surface area (Å²) in [5.41, 5.74) is 4.76. The van der Waals surface area contributed by atoms with Gasteiger partial charge >= 0.3 is 6.03 Å². The van der Waals surface area contributed by atoms with Gasteiger partial charge in [0.25, 0.3) is 10.0 Å². The molecule has 0 saturated heterocycles. The molecule has 0 bridgehead atoms. The van der Waals surface area contributed by atoms with Crippen molar-refractivity contribution in [2.75, 3.05) is 6.61 Å². The molecule has 1 aliphatic rings. The highest BCUT2D eigenvalue weighted by atomic mass is 32.2. The van der Waals surface area contributed by atoms with E-state index in [9.17, 15) is 13.2 Å². The number of primary amides is 1. The summed E-state index contributed by atoms with van der Waals surface area (Å²) in [5.74, 6) is 0.139. The molecule has 3 N–H and O–H groups in total. The molecule has 0 spiro atoms. The van der Waals surface area contributed by atoms with Gasteiger partial charge < -0.3 is 10.5 Å². The van der Waals surface area contributed by atoms with E-state index in [0.717, 1.165) is 12.6 Å². The molecule has 0 aromatic carbocycles. The van der Waals surface area contributed by atoms with Crippen molar-refractivity contribution in [2.45, 2.75) is 17.9 Å². The summed E-state index contributed by atoms with van der Waals surface area (Å²) in [7, 11) is -3.99. The third kappa shape index (κ3) is 1.81. The zero-order chi connectivity index (χ0) is 11.8. The van der Waals surface area contributed by atoms with Crippen molar-refractivity contribution in [3.8, 4) is 5.88 Å². The van der Waals surface area contributed by atoms with Gasteiger partial charge in [0, 0.05) is 13.0 Å². The number of ether oxygens (including phenoxy) is 1. The van der Waals surface area contributed by atoms with E-state index in [4.69, 9.17) is 10.5 Å². The average Bonchev–Trinajstić information content (AvgIpc) is 2.59. The molecule has 0 unspecified atom stereocenters. The van der Waals surface area contributed by atoms with Gasteiger partial charge in [0.15, 0.2) is 4.90 Å². The van der Waals surface area contributed by atoms with Crippen molar-refractivity contribution in [1.82, 2.24) is 14.5 Å². The lowest BCUT2D eigenvalue weighted by Gasteiger charge is -2.15. The van der Waals surface area contributed by atoms with Gasteiger partial charge in [-0.2, -0.15) is 5.10 Å².